The van der Waals surface area contributed by atoms with Crippen molar-refractivity contribution in [3.63, 3.8) is 0 Å². The van der Waals surface area contributed by atoms with Crippen molar-refractivity contribution in [1.82, 2.24) is 0 Å². The molecule has 0 saturated heterocycles. The Morgan fingerprint density at radius 2 is 1.86 bits per heavy atom. The third kappa shape index (κ3) is 4.68. The lowest BCUT2D eigenvalue weighted by Gasteiger charge is -2.23. The molecule has 0 bridgehead atoms. The van der Waals surface area contributed by atoms with Gasteiger partial charge < -0.3 is 0 Å². The molecule has 1 aromatic rings. The van der Waals surface area contributed by atoms with Crippen LogP contribution < -0.4 is 5.19 Å². The van der Waals surface area contributed by atoms with E-state index in [1.807, 2.05) is 24.3 Å². The van der Waals surface area contributed by atoms with Crippen molar-refractivity contribution in [3.05, 3.63) is 35.9 Å². The SMILES string of the molecule is CC1CCC[C](OOC(=O)c2ccc([Si](C)(C)C)cc2)C1. The summed E-state index contributed by atoms with van der Waals surface area (Å²) in [6, 6.07) is 7.71. The van der Waals surface area contributed by atoms with Gasteiger partial charge in [0, 0.05) is 0 Å². The van der Waals surface area contributed by atoms with Crippen LogP contribution in [0.4, 0.5) is 0 Å². The normalized spacial score (nSPS) is 20.3. The van der Waals surface area contributed by atoms with Crippen LogP contribution in [-0.4, -0.2) is 14.0 Å². The van der Waals surface area contributed by atoms with E-state index in [0.29, 0.717) is 11.5 Å². The molecular formula is C17H25O3Si. The Labute approximate surface area is 128 Å². The van der Waals surface area contributed by atoms with Crippen molar-refractivity contribution in [2.24, 2.45) is 5.92 Å². The Morgan fingerprint density at radius 3 is 2.43 bits per heavy atom. The molecular weight excluding hydrogens is 280 g/mol. The van der Waals surface area contributed by atoms with E-state index in [0.717, 1.165) is 25.4 Å². The second kappa shape index (κ2) is 6.75. The molecule has 21 heavy (non-hydrogen) atoms. The number of rotatable bonds is 4. The summed E-state index contributed by atoms with van der Waals surface area (Å²) < 4.78 is 0. The van der Waals surface area contributed by atoms with Gasteiger partial charge in [-0.3, -0.25) is 4.89 Å². The average molecular weight is 305 g/mol. The highest BCUT2D eigenvalue weighted by atomic mass is 28.3. The fraction of sp³-hybridized carbons (Fsp3) is 0.529. The zero-order valence-electron chi connectivity index (χ0n) is 13.4. The van der Waals surface area contributed by atoms with Crippen LogP contribution in [0.2, 0.25) is 19.6 Å². The molecule has 0 aromatic heterocycles. The third-order valence-corrected chi connectivity index (χ3v) is 6.02. The Morgan fingerprint density at radius 1 is 1.19 bits per heavy atom. The van der Waals surface area contributed by atoms with Crippen LogP contribution in [0.15, 0.2) is 24.3 Å². The quantitative estimate of drug-likeness (QED) is 0.478. The topological polar surface area (TPSA) is 35.5 Å². The first-order chi connectivity index (χ1) is 9.86. The fourth-order valence-corrected chi connectivity index (χ4v) is 3.73. The Bertz CT molecular complexity index is 476. The maximum absolute atomic E-state index is 12.0. The van der Waals surface area contributed by atoms with Crippen LogP contribution in [0, 0.1) is 12.0 Å². The molecule has 4 heteroatoms. The maximum Gasteiger partial charge on any atom is 0.373 e. The molecule has 3 nitrogen and oxygen atoms in total. The number of hydrogen-bond donors (Lipinski definition) is 0. The number of benzene rings is 1. The van der Waals surface area contributed by atoms with Gasteiger partial charge >= 0.3 is 5.97 Å². The van der Waals surface area contributed by atoms with Gasteiger partial charge in [0.1, 0.15) is 6.10 Å². The lowest BCUT2D eigenvalue weighted by atomic mass is 9.89. The first kappa shape index (κ1) is 16.2. The van der Waals surface area contributed by atoms with E-state index in [2.05, 4.69) is 26.6 Å². The fourth-order valence-electron chi connectivity index (χ4n) is 2.57. The lowest BCUT2D eigenvalue weighted by molar-refractivity contribution is -0.241. The van der Waals surface area contributed by atoms with Crippen molar-refractivity contribution < 1.29 is 14.6 Å². The predicted molar refractivity (Wildman–Crippen MR) is 86.8 cm³/mol. The zero-order valence-corrected chi connectivity index (χ0v) is 14.4. The van der Waals surface area contributed by atoms with Crippen molar-refractivity contribution in [2.75, 3.05) is 0 Å². The van der Waals surface area contributed by atoms with Gasteiger partial charge in [-0.05, 0) is 30.9 Å². The van der Waals surface area contributed by atoms with Crippen LogP contribution in [-0.2, 0) is 9.78 Å². The van der Waals surface area contributed by atoms with Crippen molar-refractivity contribution >= 4 is 19.2 Å². The molecule has 0 spiro atoms. The van der Waals surface area contributed by atoms with Crippen molar-refractivity contribution in [1.29, 1.82) is 0 Å². The molecule has 0 heterocycles. The first-order valence-corrected chi connectivity index (χ1v) is 11.2. The molecule has 0 aliphatic heterocycles. The van der Waals surface area contributed by atoms with Gasteiger partial charge in [-0.1, -0.05) is 56.7 Å². The molecule has 1 radical (unpaired) electrons. The highest BCUT2D eigenvalue weighted by molar-refractivity contribution is 6.88. The van der Waals surface area contributed by atoms with Gasteiger partial charge in [-0.25, -0.2) is 4.79 Å². The molecule has 1 unspecified atom stereocenters. The number of carbonyl (C=O) groups excluding carboxylic acids is 1. The highest BCUT2D eigenvalue weighted by Crippen LogP contribution is 2.31. The van der Waals surface area contributed by atoms with Gasteiger partial charge in [0.05, 0.1) is 13.6 Å². The standard InChI is InChI=1S/C17H25O3Si/c1-13-6-5-7-15(12-13)19-20-17(18)14-8-10-16(11-9-14)21(2,3)4/h8-11,13H,5-7,12H2,1-4H3. The summed E-state index contributed by atoms with van der Waals surface area (Å²) in [5, 5.41) is 1.33. The number of hydrogen-bond acceptors (Lipinski definition) is 3. The van der Waals surface area contributed by atoms with Crippen LogP contribution in [0.3, 0.4) is 0 Å². The van der Waals surface area contributed by atoms with E-state index in [1.54, 1.807) is 0 Å². The Hall–Kier alpha value is -1.13. The smallest absolute Gasteiger partial charge is 0.292 e. The van der Waals surface area contributed by atoms with Crippen LogP contribution in [0.1, 0.15) is 43.0 Å². The third-order valence-electron chi connectivity index (χ3n) is 3.95. The van der Waals surface area contributed by atoms with Crippen LogP contribution in [0.5, 0.6) is 0 Å². The average Bonchev–Trinajstić information content (AvgIpc) is 2.44. The van der Waals surface area contributed by atoms with Gasteiger partial charge in [0.25, 0.3) is 0 Å². The summed E-state index contributed by atoms with van der Waals surface area (Å²) in [5.74, 6) is 0.200. The molecule has 1 saturated carbocycles. The maximum atomic E-state index is 12.0. The summed E-state index contributed by atoms with van der Waals surface area (Å²) in [6.07, 6.45) is 5.01. The second-order valence-corrected chi connectivity index (χ2v) is 12.1. The summed E-state index contributed by atoms with van der Waals surface area (Å²) in [6.45, 7) is 9.04. The molecule has 1 aliphatic rings. The zero-order chi connectivity index (χ0) is 15.5. The molecule has 1 atom stereocenters. The predicted octanol–water partition coefficient (Wildman–Crippen LogP) is 4.06. The van der Waals surface area contributed by atoms with Crippen molar-refractivity contribution in [3.8, 4) is 0 Å². The monoisotopic (exact) mass is 305 g/mol. The molecule has 1 fully saturated rings. The summed E-state index contributed by atoms with van der Waals surface area (Å²) in [5.41, 5.74) is 0.543. The van der Waals surface area contributed by atoms with Gasteiger partial charge in [0.2, 0.25) is 0 Å². The largest absolute Gasteiger partial charge is 0.373 e. The van der Waals surface area contributed by atoms with E-state index in [9.17, 15) is 4.79 Å². The van der Waals surface area contributed by atoms with Gasteiger partial charge in [0.15, 0.2) is 0 Å². The minimum absolute atomic E-state index is 0.414. The summed E-state index contributed by atoms with van der Waals surface area (Å²) in [4.78, 5) is 22.2. The Balaban J connectivity index is 1.88. The molecule has 1 aliphatic carbocycles. The summed E-state index contributed by atoms with van der Waals surface area (Å²) in [7, 11) is -1.33. The van der Waals surface area contributed by atoms with Crippen LogP contribution in [0.25, 0.3) is 0 Å². The molecule has 1 aromatic carbocycles. The second-order valence-electron chi connectivity index (χ2n) is 7.02. The van der Waals surface area contributed by atoms with Crippen LogP contribution >= 0.6 is 0 Å². The lowest BCUT2D eigenvalue weighted by Crippen LogP contribution is -2.37. The van der Waals surface area contributed by atoms with E-state index in [4.69, 9.17) is 9.78 Å². The number of carbonyl (C=O) groups is 1. The minimum Gasteiger partial charge on any atom is -0.292 e. The first-order valence-electron chi connectivity index (χ1n) is 7.70. The van der Waals surface area contributed by atoms with E-state index in [-0.39, 0.29) is 0 Å². The van der Waals surface area contributed by atoms with E-state index in [1.165, 1.54) is 11.6 Å². The summed E-state index contributed by atoms with van der Waals surface area (Å²) >= 11 is 0. The minimum atomic E-state index is -1.33. The van der Waals surface area contributed by atoms with Gasteiger partial charge in [-0.2, -0.15) is 4.89 Å². The van der Waals surface area contributed by atoms with E-state index >= 15 is 0 Å². The highest BCUT2D eigenvalue weighted by Gasteiger charge is 2.23. The molecule has 115 valence electrons. The Kier molecular flexibility index (Phi) is 5.22. The molecule has 0 N–H and O–H groups in total. The van der Waals surface area contributed by atoms with Crippen molar-refractivity contribution in [2.45, 2.75) is 52.2 Å². The van der Waals surface area contributed by atoms with Gasteiger partial charge in [-0.15, -0.1) is 0 Å². The van der Waals surface area contributed by atoms with E-state index < -0.39 is 14.0 Å². The molecule has 0 amide bonds. The molecule has 2 rings (SSSR count).